The van der Waals surface area contributed by atoms with Gasteiger partial charge in [-0.1, -0.05) is 6.07 Å². The molecule has 0 fully saturated rings. The van der Waals surface area contributed by atoms with Gasteiger partial charge in [-0.2, -0.15) is 10.4 Å². The minimum atomic E-state index is -0.308. The highest BCUT2D eigenvalue weighted by atomic mass is 16.1. The average Bonchev–Trinajstić information content (AvgIpc) is 2.33. The smallest absolute Gasteiger partial charge is 0.269 e. The first kappa shape index (κ1) is 10.8. The van der Waals surface area contributed by atoms with Crippen LogP contribution in [-0.2, 0) is 6.54 Å². The maximum absolute atomic E-state index is 11.6. The lowest BCUT2D eigenvalue weighted by Gasteiger charge is -2.05. The highest BCUT2D eigenvalue weighted by molar-refractivity contribution is 5.33. The molecule has 0 aliphatic rings. The minimum Gasteiger partial charge on any atom is -0.397 e. The van der Waals surface area contributed by atoms with E-state index in [1.807, 2.05) is 6.07 Å². The molecular formula is C11H9N5O. The number of nitrogens with zero attached hydrogens (tertiary/aromatic N) is 4. The molecular weight excluding hydrogens is 218 g/mol. The van der Waals surface area contributed by atoms with Gasteiger partial charge in [0.1, 0.15) is 11.8 Å². The molecule has 0 aromatic carbocycles. The van der Waals surface area contributed by atoms with Crippen molar-refractivity contribution in [3.63, 3.8) is 0 Å². The average molecular weight is 227 g/mol. The van der Waals surface area contributed by atoms with Gasteiger partial charge in [0.15, 0.2) is 0 Å². The van der Waals surface area contributed by atoms with Crippen LogP contribution in [-0.4, -0.2) is 14.8 Å². The molecule has 0 saturated carbocycles. The van der Waals surface area contributed by atoms with Crippen LogP contribution in [0.4, 0.5) is 5.69 Å². The van der Waals surface area contributed by atoms with Gasteiger partial charge < -0.3 is 5.73 Å². The third kappa shape index (κ3) is 2.29. The molecule has 0 unspecified atom stereocenters. The lowest BCUT2D eigenvalue weighted by atomic mass is 10.2. The molecule has 0 amide bonds. The van der Waals surface area contributed by atoms with Crippen molar-refractivity contribution in [1.29, 1.82) is 5.26 Å². The molecule has 6 heteroatoms. The first-order valence-corrected chi connectivity index (χ1v) is 4.87. The van der Waals surface area contributed by atoms with Gasteiger partial charge in [0.05, 0.1) is 18.4 Å². The zero-order chi connectivity index (χ0) is 12.3. The first-order valence-electron chi connectivity index (χ1n) is 4.87. The quantitative estimate of drug-likeness (QED) is 0.786. The van der Waals surface area contributed by atoms with Gasteiger partial charge in [0, 0.05) is 17.8 Å². The molecule has 0 saturated heterocycles. The van der Waals surface area contributed by atoms with E-state index >= 15 is 0 Å². The highest BCUT2D eigenvalue weighted by Crippen LogP contribution is 2.04. The Kier molecular flexibility index (Phi) is 2.83. The summed E-state index contributed by atoms with van der Waals surface area (Å²) in [6.07, 6.45) is 2.92. The van der Waals surface area contributed by atoms with Crippen molar-refractivity contribution in [3.8, 4) is 6.07 Å². The molecule has 0 aliphatic carbocycles. The van der Waals surface area contributed by atoms with Crippen LogP contribution in [0.5, 0.6) is 0 Å². The number of pyridine rings is 1. The van der Waals surface area contributed by atoms with Crippen molar-refractivity contribution < 1.29 is 0 Å². The van der Waals surface area contributed by atoms with Crippen molar-refractivity contribution in [1.82, 2.24) is 14.8 Å². The molecule has 0 bridgehead atoms. The SMILES string of the molecule is N#Cc1ncccc1Cn1ncc(N)cc1=O. The molecule has 2 aromatic rings. The van der Waals surface area contributed by atoms with Crippen molar-refractivity contribution in [2.24, 2.45) is 0 Å². The van der Waals surface area contributed by atoms with Gasteiger partial charge in [-0.05, 0) is 6.07 Å². The van der Waals surface area contributed by atoms with E-state index in [0.717, 1.165) is 0 Å². The maximum atomic E-state index is 11.6. The van der Waals surface area contributed by atoms with Crippen LogP contribution in [0.3, 0.4) is 0 Å². The number of hydrogen-bond donors (Lipinski definition) is 1. The topological polar surface area (TPSA) is 97.6 Å². The van der Waals surface area contributed by atoms with Crippen LogP contribution in [0.1, 0.15) is 11.3 Å². The second-order valence-electron chi connectivity index (χ2n) is 3.41. The molecule has 0 spiro atoms. The summed E-state index contributed by atoms with van der Waals surface area (Å²) in [4.78, 5) is 15.5. The third-order valence-electron chi connectivity index (χ3n) is 2.21. The summed E-state index contributed by atoms with van der Waals surface area (Å²) in [5.41, 5.74) is 6.38. The zero-order valence-electron chi connectivity index (χ0n) is 8.87. The van der Waals surface area contributed by atoms with Gasteiger partial charge in [-0.15, -0.1) is 0 Å². The van der Waals surface area contributed by atoms with E-state index in [1.165, 1.54) is 23.1 Å². The van der Waals surface area contributed by atoms with Crippen LogP contribution in [0, 0.1) is 11.3 Å². The number of nitriles is 1. The Labute approximate surface area is 96.9 Å². The van der Waals surface area contributed by atoms with Crippen molar-refractivity contribution in [2.45, 2.75) is 6.54 Å². The van der Waals surface area contributed by atoms with Crippen molar-refractivity contribution in [3.05, 3.63) is 52.2 Å². The van der Waals surface area contributed by atoms with Crippen LogP contribution in [0.25, 0.3) is 0 Å². The molecule has 84 valence electrons. The lowest BCUT2D eigenvalue weighted by molar-refractivity contribution is 0.637. The van der Waals surface area contributed by atoms with Crippen LogP contribution >= 0.6 is 0 Å². The Hall–Kier alpha value is -2.68. The minimum absolute atomic E-state index is 0.204. The van der Waals surface area contributed by atoms with E-state index in [0.29, 0.717) is 11.3 Å². The monoisotopic (exact) mass is 227 g/mol. The first-order chi connectivity index (χ1) is 8.20. The molecule has 2 rings (SSSR count). The van der Waals surface area contributed by atoms with E-state index in [1.54, 1.807) is 12.1 Å². The normalized spacial score (nSPS) is 9.82. The Bertz CT molecular complexity index is 641. The predicted molar refractivity (Wildman–Crippen MR) is 61.0 cm³/mol. The second kappa shape index (κ2) is 4.45. The summed E-state index contributed by atoms with van der Waals surface area (Å²) in [5.74, 6) is 0. The summed E-state index contributed by atoms with van der Waals surface area (Å²) in [7, 11) is 0. The van der Waals surface area contributed by atoms with Crippen molar-refractivity contribution in [2.75, 3.05) is 5.73 Å². The fourth-order valence-electron chi connectivity index (χ4n) is 1.39. The van der Waals surface area contributed by atoms with E-state index < -0.39 is 0 Å². The molecule has 2 N–H and O–H groups in total. The Morgan fingerprint density at radius 1 is 1.53 bits per heavy atom. The Morgan fingerprint density at radius 3 is 3.06 bits per heavy atom. The summed E-state index contributed by atoms with van der Waals surface area (Å²) in [6.45, 7) is 0.204. The molecule has 0 radical (unpaired) electrons. The summed E-state index contributed by atoms with van der Waals surface area (Å²) in [6, 6.07) is 6.69. The van der Waals surface area contributed by atoms with Gasteiger partial charge in [-0.25, -0.2) is 9.67 Å². The Balaban J connectivity index is 2.39. The fourth-order valence-corrected chi connectivity index (χ4v) is 1.39. The van der Waals surface area contributed by atoms with Gasteiger partial charge in [-0.3, -0.25) is 4.79 Å². The van der Waals surface area contributed by atoms with E-state index in [-0.39, 0.29) is 17.8 Å². The molecule has 0 atom stereocenters. The summed E-state index contributed by atoms with van der Waals surface area (Å²) >= 11 is 0. The number of nitrogen functional groups attached to an aromatic ring is 1. The molecule has 2 heterocycles. The van der Waals surface area contributed by atoms with Crippen molar-refractivity contribution >= 4 is 5.69 Å². The van der Waals surface area contributed by atoms with Crippen LogP contribution < -0.4 is 11.3 Å². The number of aromatic nitrogens is 3. The van der Waals surface area contributed by atoms with Gasteiger partial charge >= 0.3 is 0 Å². The van der Waals surface area contributed by atoms with E-state index in [4.69, 9.17) is 11.0 Å². The zero-order valence-corrected chi connectivity index (χ0v) is 8.87. The predicted octanol–water partition coefficient (Wildman–Crippen LogP) is 0.140. The van der Waals surface area contributed by atoms with E-state index in [9.17, 15) is 4.79 Å². The lowest BCUT2D eigenvalue weighted by Crippen LogP contribution is -2.23. The number of nitrogens with two attached hydrogens (primary N) is 1. The molecule has 6 nitrogen and oxygen atoms in total. The maximum Gasteiger partial charge on any atom is 0.269 e. The number of anilines is 1. The molecule has 17 heavy (non-hydrogen) atoms. The van der Waals surface area contributed by atoms with E-state index in [2.05, 4.69) is 10.1 Å². The largest absolute Gasteiger partial charge is 0.397 e. The summed E-state index contributed by atoms with van der Waals surface area (Å²) in [5, 5.41) is 12.8. The standard InChI is InChI=1S/C11H9N5O/c12-5-10-8(2-1-3-14-10)7-16-11(17)4-9(13)6-15-16/h1-4,6H,7,13H2. The van der Waals surface area contributed by atoms with Gasteiger partial charge in [0.25, 0.3) is 5.56 Å². The number of rotatable bonds is 2. The molecule has 2 aromatic heterocycles. The van der Waals surface area contributed by atoms with Crippen LogP contribution in [0.15, 0.2) is 35.4 Å². The van der Waals surface area contributed by atoms with Gasteiger partial charge in [0.2, 0.25) is 0 Å². The molecule has 0 aliphatic heterocycles. The summed E-state index contributed by atoms with van der Waals surface area (Å²) < 4.78 is 1.23. The van der Waals surface area contributed by atoms with Crippen LogP contribution in [0.2, 0.25) is 0 Å². The Morgan fingerprint density at radius 2 is 2.35 bits per heavy atom. The fraction of sp³-hybridized carbons (Fsp3) is 0.0909. The number of hydrogen-bond acceptors (Lipinski definition) is 5. The third-order valence-corrected chi connectivity index (χ3v) is 2.21. The highest BCUT2D eigenvalue weighted by Gasteiger charge is 2.05. The second-order valence-corrected chi connectivity index (χ2v) is 3.41.